The topological polar surface area (TPSA) is 53.1 Å². The van der Waals surface area contributed by atoms with Gasteiger partial charge in [-0.2, -0.15) is 8.78 Å². The summed E-state index contributed by atoms with van der Waals surface area (Å²) in [5.41, 5.74) is 5.98. The van der Waals surface area contributed by atoms with E-state index in [1.807, 2.05) is 0 Å². The maximum atomic E-state index is 13.1. The van der Waals surface area contributed by atoms with Gasteiger partial charge in [0.25, 0.3) is 0 Å². The molecule has 0 saturated carbocycles. The molecule has 1 aromatic heterocycles. The lowest BCUT2D eigenvalue weighted by Crippen LogP contribution is -2.32. The molecule has 0 saturated heterocycles. The molecule has 2 N–H and O–H groups in total. The molecule has 2 rings (SSSR count). The molecule has 104 valence electrons. The van der Waals surface area contributed by atoms with Crippen molar-refractivity contribution in [2.45, 2.75) is 18.9 Å². The number of hydrogen-bond acceptors (Lipinski definition) is 3. The van der Waals surface area contributed by atoms with Gasteiger partial charge in [0.15, 0.2) is 0 Å². The van der Waals surface area contributed by atoms with E-state index in [4.69, 9.17) is 10.5 Å². The number of alkyl halides is 4. The zero-order valence-corrected chi connectivity index (χ0v) is 9.91. The Morgan fingerprint density at radius 2 is 2.11 bits per heavy atom. The third kappa shape index (κ3) is 2.29. The lowest BCUT2D eigenvalue weighted by molar-refractivity contribution is -0.136. The van der Waals surface area contributed by atoms with E-state index in [1.165, 1.54) is 13.2 Å². The summed E-state index contributed by atoms with van der Waals surface area (Å²) >= 11 is 0. The molecule has 0 aliphatic heterocycles. The van der Waals surface area contributed by atoms with Crippen molar-refractivity contribution in [2.24, 2.45) is 0 Å². The van der Waals surface area contributed by atoms with Crippen LogP contribution in [0.3, 0.4) is 0 Å². The molecule has 1 aromatic carbocycles. The molecule has 0 unspecified atom stereocenters. The molecule has 0 fully saturated rings. The Kier molecular flexibility index (Phi) is 3.25. The van der Waals surface area contributed by atoms with Crippen LogP contribution in [0, 0.1) is 0 Å². The van der Waals surface area contributed by atoms with Crippen LogP contribution >= 0.6 is 0 Å². The summed E-state index contributed by atoms with van der Waals surface area (Å²) in [7, 11) is 1.39. The molecule has 0 spiro atoms. The van der Waals surface area contributed by atoms with Crippen molar-refractivity contribution in [3.8, 4) is 5.75 Å². The van der Waals surface area contributed by atoms with Crippen LogP contribution in [0.1, 0.15) is 0 Å². The summed E-state index contributed by atoms with van der Waals surface area (Å²) in [4.78, 5) is 3.86. The second-order valence-electron chi connectivity index (χ2n) is 3.95. The molecule has 8 heteroatoms. The fourth-order valence-electron chi connectivity index (χ4n) is 1.75. The maximum Gasteiger partial charge on any atom is 0.324 e. The number of anilines is 1. The summed E-state index contributed by atoms with van der Waals surface area (Å²) in [5.74, 6) is -4.10. The number of imidazole rings is 1. The Bertz CT molecular complexity index is 597. The molecule has 0 bridgehead atoms. The normalized spacial score (nSPS) is 12.3. The number of nitrogens with zero attached hydrogens (tertiary/aromatic N) is 2. The van der Waals surface area contributed by atoms with E-state index in [0.29, 0.717) is 5.75 Å². The highest BCUT2D eigenvalue weighted by Gasteiger charge is 2.41. The third-order valence-electron chi connectivity index (χ3n) is 2.68. The maximum absolute atomic E-state index is 13.1. The summed E-state index contributed by atoms with van der Waals surface area (Å²) in [6, 6.07) is 4.58. The number of rotatable bonds is 4. The Labute approximate surface area is 105 Å². The average molecular weight is 277 g/mol. The van der Waals surface area contributed by atoms with Gasteiger partial charge in [0.2, 0.25) is 5.95 Å². The standard InChI is InChI=1S/C11H11F4N3O/c1-19-7-4-2-3-6-8(7)17-10(16)18(6)5-11(14,15)9(12)13/h2-4,9H,5H2,1H3,(H2,16,17). The van der Waals surface area contributed by atoms with Crippen LogP contribution in [0.2, 0.25) is 0 Å². The number of nitrogen functional groups attached to an aromatic ring is 1. The lowest BCUT2D eigenvalue weighted by atomic mass is 10.2. The van der Waals surface area contributed by atoms with Crippen molar-refractivity contribution in [1.82, 2.24) is 9.55 Å². The lowest BCUT2D eigenvalue weighted by Gasteiger charge is -2.17. The van der Waals surface area contributed by atoms with Gasteiger partial charge in [0.05, 0.1) is 19.2 Å². The molecular weight excluding hydrogens is 266 g/mol. The van der Waals surface area contributed by atoms with Crippen molar-refractivity contribution >= 4 is 17.0 Å². The number of fused-ring (bicyclic) bond motifs is 1. The molecule has 0 radical (unpaired) electrons. The van der Waals surface area contributed by atoms with Gasteiger partial charge >= 0.3 is 12.3 Å². The number of aromatic nitrogens is 2. The summed E-state index contributed by atoms with van der Waals surface area (Å²) in [6.45, 7) is -1.24. The number of methoxy groups -OCH3 is 1. The quantitative estimate of drug-likeness (QED) is 0.874. The van der Waals surface area contributed by atoms with Crippen LogP contribution in [-0.4, -0.2) is 29.0 Å². The number of halogens is 4. The monoisotopic (exact) mass is 277 g/mol. The van der Waals surface area contributed by atoms with E-state index in [0.717, 1.165) is 4.57 Å². The Balaban J connectivity index is 2.53. The van der Waals surface area contributed by atoms with Crippen molar-refractivity contribution < 1.29 is 22.3 Å². The van der Waals surface area contributed by atoms with Gasteiger partial charge in [-0.05, 0) is 12.1 Å². The molecule has 19 heavy (non-hydrogen) atoms. The van der Waals surface area contributed by atoms with Gasteiger partial charge in [-0.3, -0.25) is 0 Å². The zero-order valence-electron chi connectivity index (χ0n) is 9.91. The first kappa shape index (κ1) is 13.4. The van der Waals surface area contributed by atoms with E-state index in [2.05, 4.69) is 4.98 Å². The van der Waals surface area contributed by atoms with Gasteiger partial charge in [-0.1, -0.05) is 6.07 Å². The van der Waals surface area contributed by atoms with Crippen LogP contribution < -0.4 is 10.5 Å². The van der Waals surface area contributed by atoms with Crippen LogP contribution in [0.15, 0.2) is 18.2 Å². The average Bonchev–Trinajstić information content (AvgIpc) is 2.65. The number of nitrogens with two attached hydrogens (primary N) is 1. The predicted molar refractivity (Wildman–Crippen MR) is 61.6 cm³/mol. The number of hydrogen-bond donors (Lipinski definition) is 1. The molecule has 0 aliphatic rings. The second-order valence-corrected chi connectivity index (χ2v) is 3.95. The van der Waals surface area contributed by atoms with Crippen molar-refractivity contribution in [3.05, 3.63) is 18.2 Å². The zero-order chi connectivity index (χ0) is 14.2. The highest BCUT2D eigenvalue weighted by molar-refractivity contribution is 5.84. The van der Waals surface area contributed by atoms with E-state index in [9.17, 15) is 17.6 Å². The van der Waals surface area contributed by atoms with Gasteiger partial charge in [-0.25, -0.2) is 13.8 Å². The van der Waals surface area contributed by atoms with Crippen molar-refractivity contribution in [3.63, 3.8) is 0 Å². The van der Waals surface area contributed by atoms with Gasteiger partial charge in [-0.15, -0.1) is 0 Å². The summed E-state index contributed by atoms with van der Waals surface area (Å²) in [6.07, 6.45) is -3.77. The molecule has 1 heterocycles. The van der Waals surface area contributed by atoms with Gasteiger partial charge in [0.1, 0.15) is 11.3 Å². The van der Waals surface area contributed by atoms with E-state index in [-0.39, 0.29) is 17.0 Å². The van der Waals surface area contributed by atoms with E-state index in [1.54, 1.807) is 12.1 Å². The Morgan fingerprint density at radius 3 is 2.68 bits per heavy atom. The van der Waals surface area contributed by atoms with Gasteiger partial charge < -0.3 is 15.0 Å². The molecule has 0 amide bonds. The first-order valence-corrected chi connectivity index (χ1v) is 5.31. The van der Waals surface area contributed by atoms with Crippen molar-refractivity contribution in [2.75, 3.05) is 12.8 Å². The van der Waals surface area contributed by atoms with Crippen LogP contribution in [0.4, 0.5) is 23.5 Å². The van der Waals surface area contributed by atoms with Crippen LogP contribution in [0.5, 0.6) is 5.75 Å². The van der Waals surface area contributed by atoms with Crippen LogP contribution in [-0.2, 0) is 6.54 Å². The first-order chi connectivity index (χ1) is 8.86. The molecule has 4 nitrogen and oxygen atoms in total. The Hall–Kier alpha value is -1.99. The third-order valence-corrected chi connectivity index (χ3v) is 2.68. The molecule has 0 aliphatic carbocycles. The second kappa shape index (κ2) is 4.60. The van der Waals surface area contributed by atoms with Crippen molar-refractivity contribution in [1.29, 1.82) is 0 Å². The summed E-state index contributed by atoms with van der Waals surface area (Å²) in [5, 5.41) is 0. The smallest absolute Gasteiger partial charge is 0.324 e. The largest absolute Gasteiger partial charge is 0.494 e. The predicted octanol–water partition coefficient (Wildman–Crippen LogP) is 2.53. The minimum Gasteiger partial charge on any atom is -0.494 e. The van der Waals surface area contributed by atoms with E-state index < -0.39 is 18.9 Å². The van der Waals surface area contributed by atoms with E-state index >= 15 is 0 Å². The SMILES string of the molecule is COc1cccc2c1nc(N)n2CC(F)(F)C(F)F. The Morgan fingerprint density at radius 1 is 1.42 bits per heavy atom. The molecular formula is C11H11F4N3O. The van der Waals surface area contributed by atoms with Crippen LogP contribution in [0.25, 0.3) is 11.0 Å². The summed E-state index contributed by atoms with van der Waals surface area (Å²) < 4.78 is 56.6. The van der Waals surface area contributed by atoms with Gasteiger partial charge in [0, 0.05) is 0 Å². The fraction of sp³-hybridized carbons (Fsp3) is 0.364. The fourth-order valence-corrected chi connectivity index (χ4v) is 1.75. The molecule has 2 aromatic rings. The molecule has 0 atom stereocenters. The number of benzene rings is 1. The highest BCUT2D eigenvalue weighted by atomic mass is 19.3. The number of ether oxygens (including phenoxy) is 1. The minimum absolute atomic E-state index is 0.220. The highest BCUT2D eigenvalue weighted by Crippen LogP contribution is 2.31. The first-order valence-electron chi connectivity index (χ1n) is 5.31. The number of para-hydroxylation sites is 1. The minimum atomic E-state index is -4.18.